The van der Waals surface area contributed by atoms with Crippen LogP contribution < -0.4 is 0 Å². The van der Waals surface area contributed by atoms with Crippen LogP contribution in [0.15, 0.2) is 40.9 Å². The van der Waals surface area contributed by atoms with Crippen LogP contribution in [0.3, 0.4) is 0 Å². The highest BCUT2D eigenvalue weighted by Crippen LogP contribution is 2.44. The minimum absolute atomic E-state index is 0.0823. The first-order chi connectivity index (χ1) is 13.0. The molecule has 2 aliphatic heterocycles. The summed E-state index contributed by atoms with van der Waals surface area (Å²) in [6, 6.07) is 11.7. The van der Waals surface area contributed by atoms with E-state index < -0.39 is 0 Å². The molecule has 3 heterocycles. The third-order valence-electron chi connectivity index (χ3n) is 6.23. The maximum absolute atomic E-state index is 12.9. The number of amides is 2. The Morgan fingerprint density at radius 2 is 1.96 bits per heavy atom. The molecule has 0 radical (unpaired) electrons. The Hall–Kier alpha value is -2.63. The fraction of sp³-hybridized carbons (Fsp3) is 0.476. The molecular weight excluding hydrogens is 342 g/mol. The second-order valence-electron chi connectivity index (χ2n) is 7.61. The van der Waals surface area contributed by atoms with Gasteiger partial charge in [0.25, 0.3) is 5.91 Å². The van der Waals surface area contributed by atoms with Gasteiger partial charge in [0.15, 0.2) is 5.69 Å². The Morgan fingerprint density at radius 3 is 2.59 bits per heavy atom. The molecule has 1 aromatic carbocycles. The summed E-state index contributed by atoms with van der Waals surface area (Å²) >= 11 is 0. The molecule has 1 aromatic heterocycles. The van der Waals surface area contributed by atoms with Crippen LogP contribution in [-0.4, -0.2) is 52.4 Å². The molecule has 0 unspecified atom stereocenters. The lowest BCUT2D eigenvalue weighted by atomic mass is 9.81. The zero-order valence-corrected chi connectivity index (χ0v) is 15.9. The summed E-state index contributed by atoms with van der Waals surface area (Å²) in [5.41, 5.74) is 1.30. The van der Waals surface area contributed by atoms with Crippen LogP contribution in [0.4, 0.5) is 0 Å². The predicted molar refractivity (Wildman–Crippen MR) is 100 cm³/mol. The summed E-state index contributed by atoms with van der Waals surface area (Å²) in [5, 5.41) is 3.90. The van der Waals surface area contributed by atoms with Gasteiger partial charge in [-0.1, -0.05) is 42.4 Å². The highest BCUT2D eigenvalue weighted by atomic mass is 16.5. The number of likely N-dealkylation sites (tertiary alicyclic amines) is 2. The zero-order valence-electron chi connectivity index (χ0n) is 15.9. The van der Waals surface area contributed by atoms with E-state index in [1.807, 2.05) is 54.1 Å². The Bertz CT molecular complexity index is 837. The van der Waals surface area contributed by atoms with E-state index >= 15 is 0 Å². The van der Waals surface area contributed by atoms with Gasteiger partial charge in [-0.2, -0.15) is 0 Å². The third kappa shape index (κ3) is 3.03. The first-order valence-corrected chi connectivity index (χ1v) is 9.61. The first-order valence-electron chi connectivity index (χ1n) is 9.61. The quantitative estimate of drug-likeness (QED) is 0.837. The summed E-state index contributed by atoms with van der Waals surface area (Å²) in [7, 11) is 1.91. The summed E-state index contributed by atoms with van der Waals surface area (Å²) in [4.78, 5) is 29.3. The van der Waals surface area contributed by atoms with Crippen LogP contribution in [-0.2, 0) is 11.2 Å². The minimum Gasteiger partial charge on any atom is -0.361 e. The van der Waals surface area contributed by atoms with Crippen molar-refractivity contribution < 1.29 is 14.1 Å². The molecule has 6 heteroatoms. The average Bonchev–Trinajstić information content (AvgIpc) is 3.29. The first kappa shape index (κ1) is 17.8. The molecule has 2 amide bonds. The van der Waals surface area contributed by atoms with E-state index in [-0.39, 0.29) is 23.3 Å². The number of hydrogen-bond acceptors (Lipinski definition) is 4. The van der Waals surface area contributed by atoms with E-state index in [1.54, 1.807) is 6.07 Å². The van der Waals surface area contributed by atoms with Gasteiger partial charge in [-0.3, -0.25) is 9.59 Å². The molecule has 0 bridgehead atoms. The van der Waals surface area contributed by atoms with Crippen LogP contribution in [0, 0.1) is 0 Å². The monoisotopic (exact) mass is 367 g/mol. The number of likely N-dealkylation sites (N-methyl/N-ethyl adjacent to an activating group) is 1. The molecule has 0 N–H and O–H groups in total. The number of aromatic nitrogens is 1. The van der Waals surface area contributed by atoms with Gasteiger partial charge in [0.2, 0.25) is 5.91 Å². The molecule has 2 aromatic rings. The standard InChI is InChI=1S/C21H25N3O3/c1-3-16-13-18(22-27-16)20(26)24-11-9-21(10-12-24)14-17(19(25)23(21)2)15-7-5-4-6-8-15/h4-8,13,17H,3,9-12,14H2,1-2H3/t17-/m1/s1. The largest absolute Gasteiger partial charge is 0.361 e. The Balaban J connectivity index is 1.46. The maximum Gasteiger partial charge on any atom is 0.276 e. The summed E-state index contributed by atoms with van der Waals surface area (Å²) in [6.07, 6.45) is 3.13. The van der Waals surface area contributed by atoms with Gasteiger partial charge in [-0.05, 0) is 24.8 Å². The SMILES string of the molecule is CCc1cc(C(=O)N2CCC3(CC2)C[C@H](c2ccccc2)C(=O)N3C)no1. The van der Waals surface area contributed by atoms with E-state index in [0.717, 1.165) is 37.0 Å². The molecule has 142 valence electrons. The van der Waals surface area contributed by atoms with Crippen LogP contribution in [0.5, 0.6) is 0 Å². The number of rotatable bonds is 3. The van der Waals surface area contributed by atoms with Crippen molar-refractivity contribution in [3.05, 3.63) is 53.4 Å². The highest BCUT2D eigenvalue weighted by molar-refractivity contribution is 5.92. The van der Waals surface area contributed by atoms with Gasteiger partial charge in [-0.15, -0.1) is 0 Å². The van der Waals surface area contributed by atoms with E-state index in [1.165, 1.54) is 0 Å². The van der Waals surface area contributed by atoms with Gasteiger partial charge < -0.3 is 14.3 Å². The Morgan fingerprint density at radius 1 is 1.26 bits per heavy atom. The van der Waals surface area contributed by atoms with Crippen molar-refractivity contribution in [3.8, 4) is 0 Å². The number of carbonyl (C=O) groups is 2. The lowest BCUT2D eigenvalue weighted by molar-refractivity contribution is -0.131. The zero-order chi connectivity index (χ0) is 19.0. The molecule has 2 fully saturated rings. The summed E-state index contributed by atoms with van der Waals surface area (Å²) in [5.74, 6) is 0.740. The predicted octanol–water partition coefficient (Wildman–Crippen LogP) is 2.86. The Kier molecular flexibility index (Phi) is 4.50. The average molecular weight is 367 g/mol. The number of carbonyl (C=O) groups excluding carboxylic acids is 2. The number of aryl methyl sites for hydroxylation is 1. The van der Waals surface area contributed by atoms with Gasteiger partial charge in [-0.25, -0.2) is 0 Å². The number of hydrogen-bond donors (Lipinski definition) is 0. The van der Waals surface area contributed by atoms with E-state index in [9.17, 15) is 9.59 Å². The van der Waals surface area contributed by atoms with Crippen molar-refractivity contribution in [2.75, 3.05) is 20.1 Å². The van der Waals surface area contributed by atoms with Gasteiger partial charge in [0, 0.05) is 38.2 Å². The molecule has 1 atom stereocenters. The summed E-state index contributed by atoms with van der Waals surface area (Å²) < 4.78 is 5.16. The van der Waals surface area contributed by atoms with Crippen molar-refractivity contribution in [1.82, 2.24) is 15.0 Å². The van der Waals surface area contributed by atoms with Crippen LogP contribution in [0.25, 0.3) is 0 Å². The van der Waals surface area contributed by atoms with Crippen LogP contribution in [0.2, 0.25) is 0 Å². The van der Waals surface area contributed by atoms with Crippen molar-refractivity contribution in [2.24, 2.45) is 0 Å². The van der Waals surface area contributed by atoms with Crippen molar-refractivity contribution in [1.29, 1.82) is 0 Å². The lowest BCUT2D eigenvalue weighted by Crippen LogP contribution is -2.52. The number of piperidine rings is 1. The highest BCUT2D eigenvalue weighted by Gasteiger charge is 2.50. The molecular formula is C21H25N3O3. The second kappa shape index (κ2) is 6.83. The molecule has 0 aliphatic carbocycles. The minimum atomic E-state index is -0.160. The molecule has 1 spiro atoms. The van der Waals surface area contributed by atoms with Crippen LogP contribution >= 0.6 is 0 Å². The lowest BCUT2D eigenvalue weighted by Gasteiger charge is -2.43. The number of benzene rings is 1. The van der Waals surface area contributed by atoms with Crippen LogP contribution in [0.1, 0.15) is 53.9 Å². The van der Waals surface area contributed by atoms with Gasteiger partial charge in [0.05, 0.1) is 5.92 Å². The molecule has 0 saturated carbocycles. The normalized spacial score (nSPS) is 21.9. The second-order valence-corrected chi connectivity index (χ2v) is 7.61. The van der Waals surface area contributed by atoms with E-state index in [0.29, 0.717) is 18.8 Å². The van der Waals surface area contributed by atoms with Crippen molar-refractivity contribution in [2.45, 2.75) is 44.1 Å². The van der Waals surface area contributed by atoms with E-state index in [4.69, 9.17) is 4.52 Å². The van der Waals surface area contributed by atoms with Crippen molar-refractivity contribution in [3.63, 3.8) is 0 Å². The topological polar surface area (TPSA) is 66.7 Å². The number of nitrogens with zero attached hydrogens (tertiary/aromatic N) is 3. The molecule has 4 rings (SSSR count). The fourth-order valence-corrected chi connectivity index (χ4v) is 4.43. The maximum atomic E-state index is 12.9. The molecule has 2 aliphatic rings. The van der Waals surface area contributed by atoms with E-state index in [2.05, 4.69) is 5.16 Å². The molecule has 6 nitrogen and oxygen atoms in total. The summed E-state index contributed by atoms with van der Waals surface area (Å²) in [6.45, 7) is 3.23. The molecule has 2 saturated heterocycles. The molecule has 27 heavy (non-hydrogen) atoms. The third-order valence-corrected chi connectivity index (χ3v) is 6.23. The van der Waals surface area contributed by atoms with Gasteiger partial charge >= 0.3 is 0 Å². The Labute approximate surface area is 159 Å². The van der Waals surface area contributed by atoms with Crippen molar-refractivity contribution >= 4 is 11.8 Å². The van der Waals surface area contributed by atoms with Gasteiger partial charge in [0.1, 0.15) is 5.76 Å². The fourth-order valence-electron chi connectivity index (χ4n) is 4.43. The smallest absolute Gasteiger partial charge is 0.276 e.